The molecule has 2 heterocycles. The van der Waals surface area contributed by atoms with Gasteiger partial charge < -0.3 is 20.1 Å². The molecule has 2 amide bonds. The fraction of sp³-hybridized carbons (Fsp3) is 0.938. The van der Waals surface area contributed by atoms with E-state index < -0.39 is 0 Å². The van der Waals surface area contributed by atoms with Gasteiger partial charge in [-0.2, -0.15) is 0 Å². The molecule has 0 aromatic carbocycles. The van der Waals surface area contributed by atoms with Gasteiger partial charge in [0.25, 0.3) is 0 Å². The number of hydrogen-bond donors (Lipinski definition) is 2. The summed E-state index contributed by atoms with van der Waals surface area (Å²) in [5.41, 5.74) is 0.0339. The van der Waals surface area contributed by atoms with Crippen LogP contribution in [0.2, 0.25) is 0 Å². The third-order valence-electron chi connectivity index (χ3n) is 5.54. The molecule has 3 fully saturated rings. The number of rotatable bonds is 1. The Labute approximate surface area is 127 Å². The smallest absolute Gasteiger partial charge is 0.317 e. The number of ether oxygens (including phenoxy) is 1. The van der Waals surface area contributed by atoms with Gasteiger partial charge in [0, 0.05) is 25.7 Å². The molecule has 5 heteroatoms. The Bertz CT molecular complexity index is 382. The number of amides is 2. The van der Waals surface area contributed by atoms with Crippen LogP contribution in [0.3, 0.4) is 0 Å². The van der Waals surface area contributed by atoms with Crippen molar-refractivity contribution in [3.05, 3.63) is 0 Å². The van der Waals surface area contributed by atoms with Crippen molar-refractivity contribution < 1.29 is 14.6 Å². The predicted molar refractivity (Wildman–Crippen MR) is 80.1 cm³/mol. The Hall–Kier alpha value is -0.810. The van der Waals surface area contributed by atoms with E-state index in [4.69, 9.17) is 4.74 Å². The molecule has 3 unspecified atom stereocenters. The summed E-state index contributed by atoms with van der Waals surface area (Å²) in [6.07, 6.45) is 7.12. The minimum absolute atomic E-state index is 0.0130. The number of carbonyl (C=O) groups excluding carboxylic acids is 1. The average Bonchev–Trinajstić information content (AvgIpc) is 2.89. The van der Waals surface area contributed by atoms with Crippen LogP contribution < -0.4 is 5.32 Å². The lowest BCUT2D eigenvalue weighted by Gasteiger charge is -2.40. The second kappa shape index (κ2) is 6.13. The van der Waals surface area contributed by atoms with Gasteiger partial charge >= 0.3 is 6.03 Å². The molecule has 1 aliphatic carbocycles. The number of aliphatic hydroxyl groups is 1. The predicted octanol–water partition coefficient (Wildman–Crippen LogP) is 1.89. The normalized spacial score (nSPS) is 35.9. The van der Waals surface area contributed by atoms with Gasteiger partial charge in [-0.3, -0.25) is 0 Å². The molecule has 2 aliphatic heterocycles. The van der Waals surface area contributed by atoms with Crippen LogP contribution in [0, 0.1) is 5.92 Å². The van der Waals surface area contributed by atoms with Crippen LogP contribution in [0.4, 0.5) is 4.79 Å². The SMILES string of the molecule is CC1CCN(C(=O)NC2CCOC3(CCCC3)C2)CC1O. The maximum Gasteiger partial charge on any atom is 0.317 e. The first-order chi connectivity index (χ1) is 10.1. The third kappa shape index (κ3) is 3.34. The van der Waals surface area contributed by atoms with Crippen LogP contribution in [0.15, 0.2) is 0 Å². The highest BCUT2D eigenvalue weighted by molar-refractivity contribution is 5.74. The fourth-order valence-electron chi connectivity index (χ4n) is 4.02. The van der Waals surface area contributed by atoms with Gasteiger partial charge in [-0.25, -0.2) is 4.79 Å². The van der Waals surface area contributed by atoms with Crippen molar-refractivity contribution in [3.8, 4) is 0 Å². The highest BCUT2D eigenvalue weighted by Gasteiger charge is 2.40. The lowest BCUT2D eigenvalue weighted by molar-refractivity contribution is -0.0826. The van der Waals surface area contributed by atoms with Gasteiger partial charge in [0.05, 0.1) is 11.7 Å². The van der Waals surface area contributed by atoms with Crippen molar-refractivity contribution in [1.29, 1.82) is 0 Å². The zero-order valence-electron chi connectivity index (χ0n) is 13.0. The van der Waals surface area contributed by atoms with Gasteiger partial charge in [0.2, 0.25) is 0 Å². The Morgan fingerprint density at radius 1 is 1.33 bits per heavy atom. The maximum absolute atomic E-state index is 12.4. The number of carbonyl (C=O) groups is 1. The number of hydrogen-bond acceptors (Lipinski definition) is 3. The number of nitrogens with one attached hydrogen (secondary N) is 1. The first-order valence-corrected chi connectivity index (χ1v) is 8.45. The summed E-state index contributed by atoms with van der Waals surface area (Å²) < 4.78 is 6.01. The highest BCUT2D eigenvalue weighted by atomic mass is 16.5. The Morgan fingerprint density at radius 2 is 2.10 bits per heavy atom. The summed E-state index contributed by atoms with van der Waals surface area (Å²) in [5, 5.41) is 13.1. The molecule has 0 aromatic rings. The molecule has 2 N–H and O–H groups in total. The summed E-state index contributed by atoms with van der Waals surface area (Å²) in [6.45, 7) is 4.01. The topological polar surface area (TPSA) is 61.8 Å². The summed E-state index contributed by atoms with van der Waals surface area (Å²) in [4.78, 5) is 14.2. The first-order valence-electron chi connectivity index (χ1n) is 8.45. The van der Waals surface area contributed by atoms with E-state index in [2.05, 4.69) is 5.32 Å². The number of urea groups is 1. The van der Waals surface area contributed by atoms with E-state index in [1.54, 1.807) is 4.90 Å². The lowest BCUT2D eigenvalue weighted by atomic mass is 9.89. The second-order valence-corrected chi connectivity index (χ2v) is 7.16. The molecule has 0 radical (unpaired) electrons. The zero-order chi connectivity index (χ0) is 14.9. The number of nitrogens with zero attached hydrogens (tertiary/aromatic N) is 1. The van der Waals surface area contributed by atoms with Crippen molar-refractivity contribution in [2.75, 3.05) is 19.7 Å². The Morgan fingerprint density at radius 3 is 2.81 bits per heavy atom. The van der Waals surface area contributed by atoms with Crippen molar-refractivity contribution >= 4 is 6.03 Å². The lowest BCUT2D eigenvalue weighted by Crippen LogP contribution is -2.54. The molecule has 0 bridgehead atoms. The average molecular weight is 296 g/mol. The number of piperidine rings is 1. The van der Waals surface area contributed by atoms with Crippen LogP contribution in [0.5, 0.6) is 0 Å². The van der Waals surface area contributed by atoms with E-state index in [-0.39, 0.29) is 23.8 Å². The van der Waals surface area contributed by atoms with Crippen LogP contribution in [0.25, 0.3) is 0 Å². The van der Waals surface area contributed by atoms with Crippen molar-refractivity contribution in [2.45, 2.75) is 69.6 Å². The summed E-state index contributed by atoms with van der Waals surface area (Å²) in [6, 6.07) is 0.210. The van der Waals surface area contributed by atoms with Crippen LogP contribution in [0.1, 0.15) is 51.9 Å². The second-order valence-electron chi connectivity index (χ2n) is 7.16. The molecule has 5 nitrogen and oxygen atoms in total. The minimum Gasteiger partial charge on any atom is -0.391 e. The van der Waals surface area contributed by atoms with Gasteiger partial charge in [-0.05, 0) is 38.0 Å². The van der Waals surface area contributed by atoms with Gasteiger partial charge in [-0.1, -0.05) is 19.8 Å². The number of β-amino-alcohol motifs (C(OH)–C–C–N with tert-alkyl or cyclic N) is 1. The molecular weight excluding hydrogens is 268 g/mol. The molecule has 3 atom stereocenters. The van der Waals surface area contributed by atoms with E-state index in [0.29, 0.717) is 12.5 Å². The number of likely N-dealkylation sites (tertiary alicyclic amines) is 1. The molecule has 2 saturated heterocycles. The van der Waals surface area contributed by atoms with E-state index in [9.17, 15) is 9.90 Å². The summed E-state index contributed by atoms with van der Waals surface area (Å²) in [5.74, 6) is 0.291. The van der Waals surface area contributed by atoms with Gasteiger partial charge in [-0.15, -0.1) is 0 Å². The molecule has 3 rings (SSSR count). The zero-order valence-corrected chi connectivity index (χ0v) is 13.0. The Balaban J connectivity index is 1.52. The standard InChI is InChI=1S/C16H28N2O3/c1-12-4-8-18(11-14(12)19)15(20)17-13-5-9-21-16(10-13)6-2-3-7-16/h12-14,19H,2-11H2,1H3,(H,17,20). The van der Waals surface area contributed by atoms with E-state index in [0.717, 1.165) is 45.3 Å². The fourth-order valence-corrected chi connectivity index (χ4v) is 4.02. The molecule has 1 spiro atoms. The molecular formula is C16H28N2O3. The minimum atomic E-state index is -0.389. The highest BCUT2D eigenvalue weighted by Crippen LogP contribution is 2.40. The van der Waals surface area contributed by atoms with E-state index >= 15 is 0 Å². The van der Waals surface area contributed by atoms with Crippen LogP contribution in [-0.2, 0) is 4.74 Å². The molecule has 3 aliphatic rings. The maximum atomic E-state index is 12.4. The summed E-state index contributed by atoms with van der Waals surface area (Å²) >= 11 is 0. The van der Waals surface area contributed by atoms with E-state index in [1.165, 1.54) is 12.8 Å². The van der Waals surface area contributed by atoms with Crippen molar-refractivity contribution in [1.82, 2.24) is 10.2 Å². The largest absolute Gasteiger partial charge is 0.391 e. The molecule has 1 saturated carbocycles. The van der Waals surface area contributed by atoms with Gasteiger partial charge in [0.1, 0.15) is 0 Å². The van der Waals surface area contributed by atoms with Crippen molar-refractivity contribution in [3.63, 3.8) is 0 Å². The first kappa shape index (κ1) is 15.1. The molecule has 21 heavy (non-hydrogen) atoms. The van der Waals surface area contributed by atoms with Gasteiger partial charge in [0.15, 0.2) is 0 Å². The molecule has 120 valence electrons. The number of aliphatic hydroxyl groups excluding tert-OH is 1. The molecule has 0 aromatic heterocycles. The third-order valence-corrected chi connectivity index (χ3v) is 5.54. The Kier molecular flexibility index (Phi) is 4.41. The van der Waals surface area contributed by atoms with E-state index in [1.807, 2.05) is 6.92 Å². The summed E-state index contributed by atoms with van der Waals surface area (Å²) in [7, 11) is 0. The monoisotopic (exact) mass is 296 g/mol. The quantitative estimate of drug-likeness (QED) is 0.777. The van der Waals surface area contributed by atoms with Crippen LogP contribution >= 0.6 is 0 Å². The van der Waals surface area contributed by atoms with Crippen molar-refractivity contribution in [2.24, 2.45) is 5.92 Å². The van der Waals surface area contributed by atoms with Crippen LogP contribution in [-0.4, -0.2) is 53.5 Å².